The van der Waals surface area contributed by atoms with Crippen LogP contribution in [0.4, 0.5) is 18.9 Å². The van der Waals surface area contributed by atoms with Crippen LogP contribution in [0.5, 0.6) is 11.5 Å². The van der Waals surface area contributed by atoms with Crippen LogP contribution in [0, 0.1) is 0 Å². The van der Waals surface area contributed by atoms with E-state index in [4.69, 9.17) is 9.47 Å². The molecule has 2 aromatic rings. The fraction of sp³-hybridized carbons (Fsp3) is 0.278. The van der Waals surface area contributed by atoms with E-state index in [0.29, 0.717) is 18.1 Å². The summed E-state index contributed by atoms with van der Waals surface area (Å²) in [5.41, 5.74) is -0.763. The van der Waals surface area contributed by atoms with E-state index in [2.05, 4.69) is 5.32 Å². The van der Waals surface area contributed by atoms with Gasteiger partial charge in [-0.1, -0.05) is 13.0 Å². The van der Waals surface area contributed by atoms with Crippen molar-refractivity contribution in [2.45, 2.75) is 19.5 Å². The molecule has 1 N–H and O–H groups in total. The Hall–Kier alpha value is -2.70. The number of ether oxygens (including phenoxy) is 2. The van der Waals surface area contributed by atoms with Gasteiger partial charge in [0, 0.05) is 5.69 Å². The van der Waals surface area contributed by atoms with Crippen LogP contribution in [0.2, 0.25) is 0 Å². The maximum Gasteiger partial charge on any atom is 0.416 e. The predicted octanol–water partition coefficient (Wildman–Crippen LogP) is 4.51. The molecule has 0 heterocycles. The molecular weight excluding hydrogens is 335 g/mol. The van der Waals surface area contributed by atoms with Crippen molar-refractivity contribution in [1.29, 1.82) is 0 Å². The summed E-state index contributed by atoms with van der Waals surface area (Å²) in [7, 11) is 0. The molecule has 0 unspecified atom stereocenters. The molecule has 25 heavy (non-hydrogen) atoms. The molecule has 0 aromatic heterocycles. The molecule has 0 aliphatic rings. The van der Waals surface area contributed by atoms with E-state index in [1.165, 1.54) is 12.1 Å². The minimum absolute atomic E-state index is 0.0618. The van der Waals surface area contributed by atoms with E-state index in [9.17, 15) is 18.0 Å². The summed E-state index contributed by atoms with van der Waals surface area (Å²) in [5.74, 6) is 0.608. The Balaban J connectivity index is 1.86. The Morgan fingerprint density at radius 2 is 1.68 bits per heavy atom. The first-order valence-electron chi connectivity index (χ1n) is 7.71. The molecule has 4 nitrogen and oxygen atoms in total. The number of nitrogens with one attached hydrogen (secondary N) is 1. The van der Waals surface area contributed by atoms with E-state index < -0.39 is 17.6 Å². The molecular formula is C18H18F3NO3. The van der Waals surface area contributed by atoms with E-state index in [0.717, 1.165) is 18.6 Å². The van der Waals surface area contributed by atoms with Crippen LogP contribution in [0.1, 0.15) is 18.9 Å². The van der Waals surface area contributed by atoms with Crippen molar-refractivity contribution in [3.63, 3.8) is 0 Å². The standard InChI is InChI=1S/C18H18F3NO3/c1-2-10-24-15-6-8-16(9-7-15)25-12-17(23)22-14-5-3-4-13(11-14)18(19,20)21/h3-9,11H,2,10,12H2,1H3,(H,22,23). The molecule has 2 aromatic carbocycles. The number of amides is 1. The van der Waals surface area contributed by atoms with Crippen LogP contribution in [0.15, 0.2) is 48.5 Å². The molecule has 0 bridgehead atoms. The summed E-state index contributed by atoms with van der Waals surface area (Å²) in [6.45, 7) is 2.30. The Morgan fingerprint density at radius 3 is 2.28 bits per heavy atom. The molecule has 0 saturated carbocycles. The van der Waals surface area contributed by atoms with Gasteiger partial charge in [0.25, 0.3) is 5.91 Å². The number of halogens is 3. The van der Waals surface area contributed by atoms with Gasteiger partial charge in [-0.2, -0.15) is 13.2 Å². The zero-order valence-corrected chi connectivity index (χ0v) is 13.6. The van der Waals surface area contributed by atoms with Gasteiger partial charge < -0.3 is 14.8 Å². The second-order valence-corrected chi connectivity index (χ2v) is 5.24. The van der Waals surface area contributed by atoms with E-state index in [1.54, 1.807) is 24.3 Å². The summed E-state index contributed by atoms with van der Waals surface area (Å²) >= 11 is 0. The van der Waals surface area contributed by atoms with Crippen LogP contribution in [-0.2, 0) is 11.0 Å². The van der Waals surface area contributed by atoms with Crippen molar-refractivity contribution in [2.75, 3.05) is 18.5 Å². The summed E-state index contributed by atoms with van der Waals surface area (Å²) < 4.78 is 48.6. The number of rotatable bonds is 7. The summed E-state index contributed by atoms with van der Waals surface area (Å²) in [6.07, 6.45) is -3.56. The van der Waals surface area contributed by atoms with Gasteiger partial charge in [0.05, 0.1) is 12.2 Å². The molecule has 0 saturated heterocycles. The topological polar surface area (TPSA) is 47.6 Å². The predicted molar refractivity (Wildman–Crippen MR) is 87.8 cm³/mol. The fourth-order valence-corrected chi connectivity index (χ4v) is 1.97. The maximum absolute atomic E-state index is 12.6. The van der Waals surface area contributed by atoms with Gasteiger partial charge in [0.1, 0.15) is 11.5 Å². The summed E-state index contributed by atoms with van der Waals surface area (Å²) in [5, 5.41) is 2.38. The number of alkyl halides is 3. The van der Waals surface area contributed by atoms with Gasteiger partial charge in [-0.25, -0.2) is 0 Å². The average Bonchev–Trinajstić information content (AvgIpc) is 2.58. The highest BCUT2D eigenvalue weighted by Crippen LogP contribution is 2.30. The first-order chi connectivity index (χ1) is 11.9. The van der Waals surface area contributed by atoms with Crippen LogP contribution in [-0.4, -0.2) is 19.1 Å². The molecule has 7 heteroatoms. The fourth-order valence-electron chi connectivity index (χ4n) is 1.97. The molecule has 0 fully saturated rings. The minimum atomic E-state index is -4.46. The maximum atomic E-state index is 12.6. The SMILES string of the molecule is CCCOc1ccc(OCC(=O)Nc2cccc(C(F)(F)F)c2)cc1. The molecule has 134 valence electrons. The lowest BCUT2D eigenvalue weighted by atomic mass is 10.2. The van der Waals surface area contributed by atoms with Gasteiger partial charge >= 0.3 is 6.18 Å². The third-order valence-corrected chi connectivity index (χ3v) is 3.14. The van der Waals surface area contributed by atoms with Gasteiger partial charge in [0.15, 0.2) is 6.61 Å². The highest BCUT2D eigenvalue weighted by molar-refractivity contribution is 5.91. The third-order valence-electron chi connectivity index (χ3n) is 3.14. The normalized spacial score (nSPS) is 11.0. The van der Waals surface area contributed by atoms with Gasteiger partial charge in [0.2, 0.25) is 0 Å². The number of hydrogen-bond donors (Lipinski definition) is 1. The quantitative estimate of drug-likeness (QED) is 0.797. The summed E-state index contributed by atoms with van der Waals surface area (Å²) in [4.78, 5) is 11.8. The van der Waals surface area contributed by atoms with E-state index in [-0.39, 0.29) is 12.3 Å². The number of hydrogen-bond acceptors (Lipinski definition) is 3. The Bertz CT molecular complexity index is 699. The van der Waals surface area contributed by atoms with Crippen LogP contribution < -0.4 is 14.8 Å². The van der Waals surface area contributed by atoms with Gasteiger partial charge in [-0.05, 0) is 48.9 Å². The largest absolute Gasteiger partial charge is 0.494 e. The average molecular weight is 353 g/mol. The highest BCUT2D eigenvalue weighted by Gasteiger charge is 2.30. The van der Waals surface area contributed by atoms with Gasteiger partial charge in [-0.3, -0.25) is 4.79 Å². The number of anilines is 1. The van der Waals surface area contributed by atoms with Crippen LogP contribution in [0.25, 0.3) is 0 Å². The Labute approximate surface area is 143 Å². The molecule has 0 spiro atoms. The number of carbonyl (C=O) groups is 1. The second-order valence-electron chi connectivity index (χ2n) is 5.24. The van der Waals surface area contributed by atoms with Crippen molar-refractivity contribution in [1.82, 2.24) is 0 Å². The van der Waals surface area contributed by atoms with Crippen LogP contribution in [0.3, 0.4) is 0 Å². The molecule has 0 aliphatic carbocycles. The molecule has 2 rings (SSSR count). The second kappa shape index (κ2) is 8.41. The molecule has 1 amide bonds. The lowest BCUT2D eigenvalue weighted by molar-refractivity contribution is -0.137. The molecule has 0 aliphatic heterocycles. The Kier molecular flexibility index (Phi) is 6.27. The van der Waals surface area contributed by atoms with E-state index >= 15 is 0 Å². The third kappa shape index (κ3) is 6.02. The van der Waals surface area contributed by atoms with Crippen molar-refractivity contribution >= 4 is 11.6 Å². The van der Waals surface area contributed by atoms with Gasteiger partial charge in [-0.15, -0.1) is 0 Å². The molecule has 0 radical (unpaired) electrons. The number of benzene rings is 2. The molecule has 0 atom stereocenters. The zero-order valence-electron chi connectivity index (χ0n) is 13.6. The Morgan fingerprint density at radius 1 is 1.04 bits per heavy atom. The highest BCUT2D eigenvalue weighted by atomic mass is 19.4. The minimum Gasteiger partial charge on any atom is -0.494 e. The zero-order chi connectivity index (χ0) is 18.3. The monoisotopic (exact) mass is 353 g/mol. The number of carbonyl (C=O) groups excluding carboxylic acids is 1. The van der Waals surface area contributed by atoms with Crippen LogP contribution >= 0.6 is 0 Å². The van der Waals surface area contributed by atoms with Crippen molar-refractivity contribution in [3.8, 4) is 11.5 Å². The van der Waals surface area contributed by atoms with Crippen molar-refractivity contribution in [3.05, 3.63) is 54.1 Å². The smallest absolute Gasteiger partial charge is 0.416 e. The van der Waals surface area contributed by atoms with Crippen molar-refractivity contribution in [2.24, 2.45) is 0 Å². The first-order valence-corrected chi connectivity index (χ1v) is 7.71. The van der Waals surface area contributed by atoms with E-state index in [1.807, 2.05) is 6.92 Å². The van der Waals surface area contributed by atoms with Crippen molar-refractivity contribution < 1.29 is 27.4 Å². The summed E-state index contributed by atoms with van der Waals surface area (Å²) in [6, 6.07) is 11.2. The lowest BCUT2D eigenvalue weighted by Crippen LogP contribution is -2.20. The lowest BCUT2D eigenvalue weighted by Gasteiger charge is -2.11. The first kappa shape index (κ1) is 18.6.